The molecule has 1 heterocycles. The molecular formula is C26H34ClNO3. The van der Waals surface area contributed by atoms with Crippen LogP contribution in [0.1, 0.15) is 57.9 Å². The number of nitrogens with zero attached hydrogens (tertiary/aromatic N) is 1. The Bertz CT molecular complexity index is 848. The summed E-state index contributed by atoms with van der Waals surface area (Å²) in [6.07, 6.45) is 3.40. The third-order valence-corrected chi connectivity index (χ3v) is 6.51. The van der Waals surface area contributed by atoms with Crippen molar-refractivity contribution in [2.45, 2.75) is 58.0 Å². The fourth-order valence-corrected chi connectivity index (χ4v) is 4.75. The minimum absolute atomic E-state index is 0.122. The maximum atomic E-state index is 12.8. The van der Waals surface area contributed by atoms with Crippen molar-refractivity contribution in [2.24, 2.45) is 5.92 Å². The summed E-state index contributed by atoms with van der Waals surface area (Å²) in [6, 6.07) is 15.9. The van der Waals surface area contributed by atoms with Crippen LogP contribution in [0, 0.1) is 5.92 Å². The van der Waals surface area contributed by atoms with E-state index in [1.807, 2.05) is 48.2 Å². The van der Waals surface area contributed by atoms with Gasteiger partial charge in [-0.1, -0.05) is 30.7 Å². The minimum Gasteiger partial charge on any atom is -0.497 e. The molecule has 3 rings (SSSR count). The zero-order valence-corrected chi connectivity index (χ0v) is 19.8. The zero-order chi connectivity index (χ0) is 22.4. The first-order valence-electron chi connectivity index (χ1n) is 11.2. The van der Waals surface area contributed by atoms with Crippen LogP contribution >= 0.6 is 11.6 Å². The van der Waals surface area contributed by atoms with Crippen LogP contribution in [0.4, 0.5) is 5.69 Å². The van der Waals surface area contributed by atoms with Crippen LogP contribution in [-0.4, -0.2) is 31.8 Å². The van der Waals surface area contributed by atoms with Gasteiger partial charge < -0.3 is 14.4 Å². The summed E-state index contributed by atoms with van der Waals surface area (Å²) in [4.78, 5) is 14.7. The van der Waals surface area contributed by atoms with Crippen molar-refractivity contribution >= 4 is 23.2 Å². The van der Waals surface area contributed by atoms with Gasteiger partial charge >= 0.3 is 0 Å². The Hall–Kier alpha value is -2.04. The molecule has 168 valence electrons. The fourth-order valence-electron chi connectivity index (χ4n) is 4.63. The van der Waals surface area contributed by atoms with Crippen LogP contribution < -0.4 is 9.64 Å². The third-order valence-electron chi connectivity index (χ3n) is 6.25. The summed E-state index contributed by atoms with van der Waals surface area (Å²) >= 11 is 6.06. The second-order valence-electron chi connectivity index (χ2n) is 8.90. The highest BCUT2D eigenvalue weighted by atomic mass is 35.5. The van der Waals surface area contributed by atoms with Crippen LogP contribution in [0.15, 0.2) is 48.5 Å². The van der Waals surface area contributed by atoms with E-state index in [9.17, 15) is 4.79 Å². The molecule has 0 unspecified atom stereocenters. The molecular weight excluding hydrogens is 410 g/mol. The summed E-state index contributed by atoms with van der Waals surface area (Å²) in [5.74, 6) is 1.83. The number of hydrogen-bond acceptors (Lipinski definition) is 3. The highest BCUT2D eigenvalue weighted by Gasteiger charge is 2.34. The van der Waals surface area contributed by atoms with E-state index in [-0.39, 0.29) is 11.5 Å². The molecule has 0 spiro atoms. The Balaban J connectivity index is 1.85. The highest BCUT2D eigenvalue weighted by molar-refractivity contribution is 6.30. The quantitative estimate of drug-likeness (QED) is 0.469. The van der Waals surface area contributed by atoms with Crippen molar-refractivity contribution in [3.8, 4) is 5.75 Å². The summed E-state index contributed by atoms with van der Waals surface area (Å²) in [7, 11) is 1.69. The number of hydrogen-bond donors (Lipinski definition) is 0. The molecule has 4 nitrogen and oxygen atoms in total. The zero-order valence-electron chi connectivity index (χ0n) is 19.1. The molecule has 0 aromatic heterocycles. The van der Waals surface area contributed by atoms with E-state index in [1.54, 1.807) is 7.11 Å². The van der Waals surface area contributed by atoms with Gasteiger partial charge in [0.1, 0.15) is 5.75 Å². The average molecular weight is 444 g/mol. The van der Waals surface area contributed by atoms with Crippen molar-refractivity contribution in [1.29, 1.82) is 0 Å². The predicted molar refractivity (Wildman–Crippen MR) is 127 cm³/mol. The van der Waals surface area contributed by atoms with Gasteiger partial charge in [0.05, 0.1) is 12.7 Å². The molecule has 0 bridgehead atoms. The molecule has 2 aromatic carbocycles. The van der Waals surface area contributed by atoms with E-state index in [0.717, 1.165) is 37.3 Å². The largest absolute Gasteiger partial charge is 0.497 e. The fraction of sp³-hybridized carbons (Fsp3) is 0.500. The molecule has 1 fully saturated rings. The van der Waals surface area contributed by atoms with Crippen LogP contribution in [0.2, 0.25) is 5.02 Å². The van der Waals surface area contributed by atoms with E-state index >= 15 is 0 Å². The SMILES string of the molecule is CCC(=O)N(CC[C@@H](c1ccc(OC)cc1)[C@@H]1CCOC(C)(C)C1)c1ccc(Cl)cc1. The Morgan fingerprint density at radius 1 is 1.19 bits per heavy atom. The van der Waals surface area contributed by atoms with Crippen LogP contribution in [0.25, 0.3) is 0 Å². The van der Waals surface area contributed by atoms with E-state index in [2.05, 4.69) is 26.0 Å². The maximum absolute atomic E-state index is 12.8. The minimum atomic E-state index is -0.122. The molecule has 5 heteroatoms. The Kier molecular flexibility index (Phi) is 8.01. The Labute approximate surface area is 191 Å². The maximum Gasteiger partial charge on any atom is 0.226 e. The first-order chi connectivity index (χ1) is 14.8. The lowest BCUT2D eigenvalue weighted by Crippen LogP contribution is -2.38. The van der Waals surface area contributed by atoms with Crippen LogP contribution in [0.3, 0.4) is 0 Å². The van der Waals surface area contributed by atoms with E-state index in [4.69, 9.17) is 21.1 Å². The van der Waals surface area contributed by atoms with Gasteiger partial charge in [-0.3, -0.25) is 4.79 Å². The second-order valence-corrected chi connectivity index (χ2v) is 9.34. The van der Waals surface area contributed by atoms with Gasteiger partial charge in [-0.05, 0) is 86.9 Å². The van der Waals surface area contributed by atoms with Crippen LogP contribution in [0.5, 0.6) is 5.75 Å². The third kappa shape index (κ3) is 6.24. The monoisotopic (exact) mass is 443 g/mol. The number of methoxy groups -OCH3 is 1. The standard InChI is InChI=1S/C26H34ClNO3/c1-5-25(29)28(22-10-8-21(27)9-11-22)16-14-24(19-6-12-23(30-4)13-7-19)20-15-17-31-26(2,3)18-20/h6-13,20,24H,5,14-18H2,1-4H3/t20-,24+/m1/s1. The molecule has 0 radical (unpaired) electrons. The lowest BCUT2D eigenvalue weighted by Gasteiger charge is -2.40. The number of benzene rings is 2. The lowest BCUT2D eigenvalue weighted by atomic mass is 9.75. The molecule has 0 aliphatic carbocycles. The molecule has 31 heavy (non-hydrogen) atoms. The van der Waals surface area contributed by atoms with Crippen molar-refractivity contribution in [3.63, 3.8) is 0 Å². The normalized spacial score (nSPS) is 18.9. The van der Waals surface area contributed by atoms with Gasteiger partial charge in [0.2, 0.25) is 5.91 Å². The Morgan fingerprint density at radius 2 is 1.87 bits per heavy atom. The number of carbonyl (C=O) groups excluding carboxylic acids is 1. The lowest BCUT2D eigenvalue weighted by molar-refractivity contribution is -0.118. The topological polar surface area (TPSA) is 38.8 Å². The Morgan fingerprint density at radius 3 is 2.45 bits per heavy atom. The molecule has 1 aliphatic rings. The summed E-state index contributed by atoms with van der Waals surface area (Å²) in [6.45, 7) is 7.70. The predicted octanol–water partition coefficient (Wildman–Crippen LogP) is 6.47. The van der Waals surface area contributed by atoms with Gasteiger partial charge in [-0.15, -0.1) is 0 Å². The van der Waals surface area contributed by atoms with E-state index in [0.29, 0.717) is 29.8 Å². The number of rotatable bonds is 8. The number of anilines is 1. The van der Waals surface area contributed by atoms with Gasteiger partial charge in [0.25, 0.3) is 0 Å². The molecule has 0 saturated carbocycles. The molecule has 2 aromatic rings. The number of halogens is 1. The first kappa shape index (κ1) is 23.6. The highest BCUT2D eigenvalue weighted by Crippen LogP contribution is 2.40. The first-order valence-corrected chi connectivity index (χ1v) is 11.5. The van der Waals surface area contributed by atoms with Gasteiger partial charge in [-0.25, -0.2) is 0 Å². The summed E-state index contributed by atoms with van der Waals surface area (Å²) < 4.78 is 11.3. The van der Waals surface area contributed by atoms with Crippen molar-refractivity contribution < 1.29 is 14.3 Å². The molecule has 2 atom stereocenters. The van der Waals surface area contributed by atoms with E-state index < -0.39 is 0 Å². The second kappa shape index (κ2) is 10.5. The number of carbonyl (C=O) groups is 1. The van der Waals surface area contributed by atoms with Gasteiger partial charge in [0.15, 0.2) is 0 Å². The summed E-state index contributed by atoms with van der Waals surface area (Å²) in [5, 5.41) is 0.674. The molecule has 1 saturated heterocycles. The summed E-state index contributed by atoms with van der Waals surface area (Å²) in [5.41, 5.74) is 2.07. The average Bonchev–Trinajstić information content (AvgIpc) is 2.76. The number of amides is 1. The molecule has 1 amide bonds. The van der Waals surface area contributed by atoms with Gasteiger partial charge in [-0.2, -0.15) is 0 Å². The molecule has 1 aliphatic heterocycles. The molecule has 0 N–H and O–H groups in total. The van der Waals surface area contributed by atoms with Crippen LogP contribution in [-0.2, 0) is 9.53 Å². The van der Waals surface area contributed by atoms with E-state index in [1.165, 1.54) is 5.56 Å². The van der Waals surface area contributed by atoms with Crippen molar-refractivity contribution in [1.82, 2.24) is 0 Å². The van der Waals surface area contributed by atoms with Crippen molar-refractivity contribution in [2.75, 3.05) is 25.2 Å². The van der Waals surface area contributed by atoms with Gasteiger partial charge in [0, 0.05) is 30.3 Å². The number of ether oxygens (including phenoxy) is 2. The smallest absolute Gasteiger partial charge is 0.226 e. The van der Waals surface area contributed by atoms with Crippen molar-refractivity contribution in [3.05, 3.63) is 59.1 Å².